The van der Waals surface area contributed by atoms with Crippen LogP contribution in [0.15, 0.2) is 36.9 Å². The van der Waals surface area contributed by atoms with Crippen molar-refractivity contribution in [2.45, 2.75) is 12.8 Å². The van der Waals surface area contributed by atoms with E-state index in [9.17, 15) is 0 Å². The Labute approximate surface area is 88.8 Å². The van der Waals surface area contributed by atoms with Crippen molar-refractivity contribution in [3.63, 3.8) is 0 Å². The summed E-state index contributed by atoms with van der Waals surface area (Å²) in [4.78, 5) is 3.91. The van der Waals surface area contributed by atoms with Crippen LogP contribution in [0.25, 0.3) is 5.69 Å². The lowest BCUT2D eigenvalue weighted by molar-refractivity contribution is 0.829. The first-order valence-corrected chi connectivity index (χ1v) is 5.04. The zero-order valence-electron chi connectivity index (χ0n) is 8.50. The number of hydrogen-bond acceptors (Lipinski definition) is 3. The molecule has 15 heavy (non-hydrogen) atoms. The lowest BCUT2D eigenvalue weighted by atomic mass is 10.1. The molecule has 0 unspecified atom stereocenters. The topological polar surface area (TPSA) is 56.7 Å². The molecule has 0 bridgehead atoms. The first-order valence-electron chi connectivity index (χ1n) is 5.04. The summed E-state index contributed by atoms with van der Waals surface area (Å²) in [6.45, 7) is 0.741. The number of aryl methyl sites for hydroxylation is 1. The van der Waals surface area contributed by atoms with E-state index in [2.05, 4.69) is 22.2 Å². The van der Waals surface area contributed by atoms with Crippen molar-refractivity contribution in [1.82, 2.24) is 14.8 Å². The van der Waals surface area contributed by atoms with Crippen LogP contribution in [0.3, 0.4) is 0 Å². The fraction of sp³-hybridized carbons (Fsp3) is 0.273. The number of aromatic nitrogens is 3. The van der Waals surface area contributed by atoms with Crippen LogP contribution in [-0.2, 0) is 6.42 Å². The third-order valence-corrected chi connectivity index (χ3v) is 2.29. The van der Waals surface area contributed by atoms with Gasteiger partial charge in [0.15, 0.2) is 0 Å². The number of nitrogens with two attached hydrogens (primary N) is 1. The molecule has 0 amide bonds. The Morgan fingerprint density at radius 3 is 2.60 bits per heavy atom. The normalized spacial score (nSPS) is 10.5. The van der Waals surface area contributed by atoms with E-state index >= 15 is 0 Å². The minimum Gasteiger partial charge on any atom is -0.330 e. The van der Waals surface area contributed by atoms with Crippen molar-refractivity contribution >= 4 is 0 Å². The molecule has 2 N–H and O–H groups in total. The van der Waals surface area contributed by atoms with Gasteiger partial charge in [0.05, 0.1) is 5.69 Å². The van der Waals surface area contributed by atoms with Gasteiger partial charge in [0.25, 0.3) is 0 Å². The predicted octanol–water partition coefficient (Wildman–Crippen LogP) is 1.16. The van der Waals surface area contributed by atoms with Gasteiger partial charge >= 0.3 is 0 Å². The molecule has 0 aliphatic rings. The van der Waals surface area contributed by atoms with Crippen LogP contribution in [0.1, 0.15) is 12.0 Å². The van der Waals surface area contributed by atoms with Gasteiger partial charge in [-0.15, -0.1) is 0 Å². The summed E-state index contributed by atoms with van der Waals surface area (Å²) in [7, 11) is 0. The molecule has 1 aromatic heterocycles. The van der Waals surface area contributed by atoms with Crippen molar-refractivity contribution in [2.75, 3.05) is 6.54 Å². The van der Waals surface area contributed by atoms with Crippen LogP contribution in [0, 0.1) is 0 Å². The zero-order chi connectivity index (χ0) is 10.5. The fourth-order valence-corrected chi connectivity index (χ4v) is 1.46. The van der Waals surface area contributed by atoms with Gasteiger partial charge in [-0.25, -0.2) is 9.67 Å². The Balaban J connectivity index is 2.11. The van der Waals surface area contributed by atoms with E-state index in [4.69, 9.17) is 5.73 Å². The Morgan fingerprint density at radius 2 is 2.00 bits per heavy atom. The van der Waals surface area contributed by atoms with E-state index in [1.807, 2.05) is 12.1 Å². The summed E-state index contributed by atoms with van der Waals surface area (Å²) < 4.78 is 1.74. The van der Waals surface area contributed by atoms with Gasteiger partial charge in [-0.2, -0.15) is 5.10 Å². The molecule has 0 fully saturated rings. The van der Waals surface area contributed by atoms with E-state index in [1.165, 1.54) is 11.9 Å². The molecule has 2 aromatic rings. The number of nitrogens with zero attached hydrogens (tertiary/aromatic N) is 3. The molecular formula is C11H14N4. The number of benzene rings is 1. The van der Waals surface area contributed by atoms with Crippen molar-refractivity contribution < 1.29 is 0 Å². The highest BCUT2D eigenvalue weighted by Gasteiger charge is 1.96. The molecule has 0 aliphatic carbocycles. The molecule has 78 valence electrons. The molecule has 4 nitrogen and oxygen atoms in total. The number of hydrogen-bond donors (Lipinski definition) is 1. The maximum absolute atomic E-state index is 5.46. The van der Waals surface area contributed by atoms with Crippen molar-refractivity contribution in [1.29, 1.82) is 0 Å². The highest BCUT2D eigenvalue weighted by atomic mass is 15.3. The molecule has 0 atom stereocenters. The van der Waals surface area contributed by atoms with Gasteiger partial charge in [-0.1, -0.05) is 12.1 Å². The zero-order valence-corrected chi connectivity index (χ0v) is 8.50. The quantitative estimate of drug-likeness (QED) is 0.809. The first-order chi connectivity index (χ1) is 7.40. The molecule has 0 aliphatic heterocycles. The minimum absolute atomic E-state index is 0.741. The average molecular weight is 202 g/mol. The maximum atomic E-state index is 5.46. The third kappa shape index (κ3) is 2.41. The number of rotatable bonds is 4. The van der Waals surface area contributed by atoms with Crippen LogP contribution in [0.2, 0.25) is 0 Å². The van der Waals surface area contributed by atoms with Gasteiger partial charge in [-0.05, 0) is 37.1 Å². The van der Waals surface area contributed by atoms with E-state index in [0.29, 0.717) is 0 Å². The van der Waals surface area contributed by atoms with Gasteiger partial charge in [0, 0.05) is 0 Å². The van der Waals surface area contributed by atoms with E-state index < -0.39 is 0 Å². The molecule has 0 saturated carbocycles. The molecule has 0 radical (unpaired) electrons. The lowest BCUT2D eigenvalue weighted by Gasteiger charge is -2.02. The second-order valence-electron chi connectivity index (χ2n) is 3.40. The second-order valence-corrected chi connectivity index (χ2v) is 3.40. The van der Waals surface area contributed by atoms with Crippen LogP contribution >= 0.6 is 0 Å². The molecule has 1 aromatic carbocycles. The Morgan fingerprint density at radius 1 is 1.20 bits per heavy atom. The Kier molecular flexibility index (Phi) is 3.09. The van der Waals surface area contributed by atoms with Crippen molar-refractivity contribution in [3.8, 4) is 5.69 Å². The molecule has 0 spiro atoms. The van der Waals surface area contributed by atoms with Crippen LogP contribution in [0.4, 0.5) is 0 Å². The maximum Gasteiger partial charge on any atom is 0.138 e. The SMILES string of the molecule is NCCCc1ccc(-n2cncn2)cc1. The predicted molar refractivity (Wildman–Crippen MR) is 58.7 cm³/mol. The monoisotopic (exact) mass is 202 g/mol. The molecule has 2 rings (SSSR count). The van der Waals surface area contributed by atoms with Crippen LogP contribution < -0.4 is 5.73 Å². The van der Waals surface area contributed by atoms with Crippen LogP contribution in [0.5, 0.6) is 0 Å². The fourth-order valence-electron chi connectivity index (χ4n) is 1.46. The van der Waals surface area contributed by atoms with Crippen molar-refractivity contribution in [2.24, 2.45) is 5.73 Å². The molecular weight excluding hydrogens is 188 g/mol. The molecule has 4 heteroatoms. The second kappa shape index (κ2) is 4.70. The summed E-state index contributed by atoms with van der Waals surface area (Å²) in [6, 6.07) is 8.29. The first kappa shape index (κ1) is 9.86. The van der Waals surface area contributed by atoms with Gasteiger partial charge in [0.1, 0.15) is 12.7 Å². The van der Waals surface area contributed by atoms with E-state index in [1.54, 1.807) is 11.0 Å². The standard InChI is InChI=1S/C11H14N4/c12-7-1-2-10-3-5-11(6-4-10)15-9-13-8-14-15/h3-6,8-9H,1-2,7,12H2. The highest BCUT2D eigenvalue weighted by molar-refractivity contribution is 5.33. The minimum atomic E-state index is 0.741. The summed E-state index contributed by atoms with van der Waals surface area (Å²) in [5, 5.41) is 4.06. The third-order valence-electron chi connectivity index (χ3n) is 2.29. The van der Waals surface area contributed by atoms with E-state index in [-0.39, 0.29) is 0 Å². The summed E-state index contributed by atoms with van der Waals surface area (Å²) in [5.74, 6) is 0. The highest BCUT2D eigenvalue weighted by Crippen LogP contribution is 2.09. The summed E-state index contributed by atoms with van der Waals surface area (Å²) in [5.41, 5.74) is 7.80. The van der Waals surface area contributed by atoms with Gasteiger partial charge in [0.2, 0.25) is 0 Å². The summed E-state index contributed by atoms with van der Waals surface area (Å²) >= 11 is 0. The largest absolute Gasteiger partial charge is 0.330 e. The van der Waals surface area contributed by atoms with Gasteiger partial charge < -0.3 is 5.73 Å². The Hall–Kier alpha value is -1.68. The smallest absolute Gasteiger partial charge is 0.138 e. The molecule has 1 heterocycles. The van der Waals surface area contributed by atoms with Gasteiger partial charge in [-0.3, -0.25) is 0 Å². The van der Waals surface area contributed by atoms with Crippen LogP contribution in [-0.4, -0.2) is 21.3 Å². The molecule has 0 saturated heterocycles. The van der Waals surface area contributed by atoms with Crippen molar-refractivity contribution in [3.05, 3.63) is 42.5 Å². The average Bonchev–Trinajstić information content (AvgIpc) is 2.80. The lowest BCUT2D eigenvalue weighted by Crippen LogP contribution is -2.00. The Bertz CT molecular complexity index is 391. The summed E-state index contributed by atoms with van der Waals surface area (Å²) in [6.07, 6.45) is 5.29. The van der Waals surface area contributed by atoms with E-state index in [0.717, 1.165) is 25.1 Å².